The summed E-state index contributed by atoms with van der Waals surface area (Å²) in [5, 5.41) is 12.9. The summed E-state index contributed by atoms with van der Waals surface area (Å²) in [6.45, 7) is 1.05. The molecular formula is C15H18N4O4S. The van der Waals surface area contributed by atoms with Crippen molar-refractivity contribution in [2.24, 2.45) is 0 Å². The van der Waals surface area contributed by atoms with Crippen LogP contribution in [-0.4, -0.2) is 49.7 Å². The molecular weight excluding hydrogens is 332 g/mol. The van der Waals surface area contributed by atoms with Crippen LogP contribution in [0, 0.1) is 0 Å². The second-order valence-corrected chi connectivity index (χ2v) is 7.07. The van der Waals surface area contributed by atoms with E-state index in [0.717, 1.165) is 0 Å². The van der Waals surface area contributed by atoms with Crippen LogP contribution in [0.4, 0.5) is 0 Å². The van der Waals surface area contributed by atoms with E-state index in [2.05, 4.69) is 20.0 Å². The summed E-state index contributed by atoms with van der Waals surface area (Å²) >= 11 is 0. The molecule has 0 aliphatic carbocycles. The molecule has 2 aromatic heterocycles. The number of sulfonamides is 1. The summed E-state index contributed by atoms with van der Waals surface area (Å²) in [7, 11) is -3.65. The van der Waals surface area contributed by atoms with Crippen LogP contribution in [0.5, 0.6) is 0 Å². The van der Waals surface area contributed by atoms with Gasteiger partial charge in [0.2, 0.25) is 10.0 Å². The van der Waals surface area contributed by atoms with Crippen molar-refractivity contribution in [2.75, 3.05) is 26.2 Å². The van der Waals surface area contributed by atoms with Crippen LogP contribution in [0.15, 0.2) is 40.2 Å². The number of rotatable bonds is 7. The summed E-state index contributed by atoms with van der Waals surface area (Å²) in [5.74, 6) is 0. The molecule has 24 heavy (non-hydrogen) atoms. The number of hydrogen-bond donors (Lipinski definition) is 5. The third kappa shape index (κ3) is 3.20. The Morgan fingerprint density at radius 3 is 2.71 bits per heavy atom. The number of fused-ring (bicyclic) bond motifs is 3. The second-order valence-electron chi connectivity index (χ2n) is 5.30. The van der Waals surface area contributed by atoms with Crippen LogP contribution in [0.3, 0.4) is 0 Å². The lowest BCUT2D eigenvalue weighted by Crippen LogP contribution is -2.32. The Kier molecular flexibility index (Phi) is 4.67. The largest absolute Gasteiger partial charge is 0.395 e. The fourth-order valence-corrected chi connectivity index (χ4v) is 3.60. The highest BCUT2D eigenvalue weighted by atomic mass is 32.2. The quantitative estimate of drug-likeness (QED) is 0.379. The van der Waals surface area contributed by atoms with Gasteiger partial charge in [0, 0.05) is 42.1 Å². The van der Waals surface area contributed by atoms with Crippen molar-refractivity contribution in [1.82, 2.24) is 20.0 Å². The van der Waals surface area contributed by atoms with Crippen LogP contribution < -0.4 is 15.6 Å². The maximum absolute atomic E-state index is 12.4. The van der Waals surface area contributed by atoms with E-state index in [1.54, 1.807) is 18.2 Å². The predicted molar refractivity (Wildman–Crippen MR) is 91.6 cm³/mol. The van der Waals surface area contributed by atoms with Gasteiger partial charge in [0.25, 0.3) is 5.56 Å². The van der Waals surface area contributed by atoms with Crippen molar-refractivity contribution >= 4 is 31.8 Å². The lowest BCUT2D eigenvalue weighted by Gasteiger charge is -2.07. The van der Waals surface area contributed by atoms with Crippen LogP contribution in [0.2, 0.25) is 0 Å². The fourth-order valence-electron chi connectivity index (χ4n) is 2.55. The molecule has 128 valence electrons. The minimum Gasteiger partial charge on any atom is -0.395 e. The van der Waals surface area contributed by atoms with Gasteiger partial charge in [-0.25, -0.2) is 13.1 Å². The molecule has 0 fully saturated rings. The van der Waals surface area contributed by atoms with Gasteiger partial charge in [-0.05, 0) is 24.3 Å². The summed E-state index contributed by atoms with van der Waals surface area (Å²) in [5.41, 5.74) is 0.870. The number of pyridine rings is 1. The Hall–Kier alpha value is -2.20. The van der Waals surface area contributed by atoms with Crippen LogP contribution >= 0.6 is 0 Å². The van der Waals surface area contributed by atoms with Gasteiger partial charge in [-0.3, -0.25) is 4.79 Å². The first-order chi connectivity index (χ1) is 11.5. The van der Waals surface area contributed by atoms with Gasteiger partial charge in [0.05, 0.1) is 11.5 Å². The molecule has 5 N–H and O–H groups in total. The molecule has 0 amide bonds. The number of benzene rings is 1. The van der Waals surface area contributed by atoms with Gasteiger partial charge in [-0.15, -0.1) is 0 Å². The molecule has 9 heteroatoms. The number of hydrogen-bond acceptors (Lipinski definition) is 5. The third-order valence-electron chi connectivity index (χ3n) is 3.69. The zero-order valence-corrected chi connectivity index (χ0v) is 13.6. The van der Waals surface area contributed by atoms with Gasteiger partial charge in [0.1, 0.15) is 5.52 Å². The first-order valence-corrected chi connectivity index (χ1v) is 8.95. The molecule has 0 saturated heterocycles. The van der Waals surface area contributed by atoms with Gasteiger partial charge in [-0.1, -0.05) is 0 Å². The Labute approximate surface area is 137 Å². The number of nitrogens with one attached hydrogen (secondary N) is 4. The Morgan fingerprint density at radius 2 is 1.92 bits per heavy atom. The Bertz CT molecular complexity index is 1020. The van der Waals surface area contributed by atoms with E-state index >= 15 is 0 Å². The maximum Gasteiger partial charge on any atom is 0.272 e. The molecule has 0 spiro atoms. The van der Waals surface area contributed by atoms with E-state index in [9.17, 15) is 13.2 Å². The van der Waals surface area contributed by atoms with Crippen molar-refractivity contribution in [3.63, 3.8) is 0 Å². The van der Waals surface area contributed by atoms with E-state index in [1.807, 2.05) is 0 Å². The molecule has 0 unspecified atom stereocenters. The minimum atomic E-state index is -3.65. The highest BCUT2D eigenvalue weighted by molar-refractivity contribution is 7.89. The van der Waals surface area contributed by atoms with Crippen molar-refractivity contribution < 1.29 is 13.5 Å². The number of aliphatic hydroxyl groups excluding tert-OH is 1. The first-order valence-electron chi connectivity index (χ1n) is 7.47. The van der Waals surface area contributed by atoms with Gasteiger partial charge >= 0.3 is 0 Å². The molecule has 3 rings (SSSR count). The van der Waals surface area contributed by atoms with E-state index in [-0.39, 0.29) is 23.6 Å². The SMILES string of the molecule is O=c1[nH]ccc2c1[nH]c1ccc(S(=O)(=O)NCCNCCO)cc12. The highest BCUT2D eigenvalue weighted by Gasteiger charge is 2.16. The molecule has 2 heterocycles. The lowest BCUT2D eigenvalue weighted by atomic mass is 10.2. The van der Waals surface area contributed by atoms with Crippen LogP contribution in [0.1, 0.15) is 0 Å². The normalized spacial score (nSPS) is 12.2. The summed E-state index contributed by atoms with van der Waals surface area (Å²) in [6.07, 6.45) is 1.53. The van der Waals surface area contributed by atoms with Crippen molar-refractivity contribution in [3.8, 4) is 0 Å². The van der Waals surface area contributed by atoms with E-state index in [4.69, 9.17) is 5.11 Å². The smallest absolute Gasteiger partial charge is 0.272 e. The standard InChI is InChI=1S/C15H18N4O4S/c20-8-7-16-5-6-18-24(22,23)10-1-2-13-12(9-10)11-3-4-17-15(21)14(11)19-13/h1-4,9,16,18-20H,5-8H2,(H,17,21). The van der Waals surface area contributed by atoms with Crippen molar-refractivity contribution in [3.05, 3.63) is 40.8 Å². The third-order valence-corrected chi connectivity index (χ3v) is 5.15. The molecule has 0 aliphatic rings. The number of aromatic nitrogens is 2. The molecule has 0 saturated carbocycles. The maximum atomic E-state index is 12.4. The average molecular weight is 350 g/mol. The Morgan fingerprint density at radius 1 is 1.08 bits per heavy atom. The zero-order valence-electron chi connectivity index (χ0n) is 12.8. The highest BCUT2D eigenvalue weighted by Crippen LogP contribution is 2.25. The molecule has 8 nitrogen and oxygen atoms in total. The predicted octanol–water partition coefficient (Wildman–Crippen LogP) is -0.130. The monoisotopic (exact) mass is 350 g/mol. The van der Waals surface area contributed by atoms with E-state index in [1.165, 1.54) is 12.3 Å². The summed E-state index contributed by atoms with van der Waals surface area (Å²) in [6, 6.07) is 6.43. The van der Waals surface area contributed by atoms with Gasteiger partial charge in [-0.2, -0.15) is 0 Å². The van der Waals surface area contributed by atoms with Crippen molar-refractivity contribution in [2.45, 2.75) is 4.90 Å². The van der Waals surface area contributed by atoms with Gasteiger partial charge < -0.3 is 20.4 Å². The topological polar surface area (TPSA) is 127 Å². The number of aromatic amines is 2. The Balaban J connectivity index is 1.91. The molecule has 0 bridgehead atoms. The number of aliphatic hydroxyl groups is 1. The summed E-state index contributed by atoms with van der Waals surface area (Å²) in [4.78, 5) is 17.5. The van der Waals surface area contributed by atoms with Gasteiger partial charge in [0.15, 0.2) is 0 Å². The number of H-pyrrole nitrogens is 2. The lowest BCUT2D eigenvalue weighted by molar-refractivity contribution is 0.293. The average Bonchev–Trinajstić information content (AvgIpc) is 2.94. The first kappa shape index (κ1) is 16.7. The minimum absolute atomic E-state index is 0.00309. The van der Waals surface area contributed by atoms with Crippen LogP contribution in [0.25, 0.3) is 21.8 Å². The van der Waals surface area contributed by atoms with E-state index < -0.39 is 10.0 Å². The summed E-state index contributed by atoms with van der Waals surface area (Å²) < 4.78 is 27.2. The fraction of sp³-hybridized carbons (Fsp3) is 0.267. The second kappa shape index (κ2) is 6.73. The molecule has 0 atom stereocenters. The molecule has 3 aromatic rings. The zero-order chi connectivity index (χ0) is 17.2. The van der Waals surface area contributed by atoms with Crippen molar-refractivity contribution in [1.29, 1.82) is 0 Å². The molecule has 1 aromatic carbocycles. The molecule has 0 radical (unpaired) electrons. The molecule has 0 aliphatic heterocycles. The van der Waals surface area contributed by atoms with Crippen LogP contribution in [-0.2, 0) is 10.0 Å². The van der Waals surface area contributed by atoms with E-state index in [0.29, 0.717) is 34.9 Å².